The average molecular weight is 411 g/mol. The summed E-state index contributed by atoms with van der Waals surface area (Å²) >= 11 is 3.52. The minimum Gasteiger partial charge on any atom is -0.373 e. The Morgan fingerprint density at radius 2 is 1.96 bits per heavy atom. The van der Waals surface area contributed by atoms with Gasteiger partial charge in [-0.2, -0.15) is 0 Å². The molecule has 0 heterocycles. The van der Waals surface area contributed by atoms with Gasteiger partial charge in [0.25, 0.3) is 0 Å². The highest BCUT2D eigenvalue weighted by Crippen LogP contribution is 2.40. The molecule has 2 aromatic carbocycles. The van der Waals surface area contributed by atoms with Crippen LogP contribution >= 0.6 is 15.9 Å². The van der Waals surface area contributed by atoms with Crippen molar-refractivity contribution in [1.82, 2.24) is 0 Å². The van der Waals surface area contributed by atoms with Gasteiger partial charge in [-0.05, 0) is 42.2 Å². The lowest BCUT2D eigenvalue weighted by Crippen LogP contribution is -2.11. The van der Waals surface area contributed by atoms with E-state index in [0.717, 1.165) is 29.1 Å². The predicted molar refractivity (Wildman–Crippen MR) is 95.0 cm³/mol. The van der Waals surface area contributed by atoms with Crippen LogP contribution in [0.5, 0.6) is 0 Å². The van der Waals surface area contributed by atoms with Crippen LogP contribution in [0.1, 0.15) is 23.6 Å². The summed E-state index contributed by atoms with van der Waals surface area (Å²) in [5.41, 5.74) is 2.07. The average Bonchev–Trinajstić information content (AvgIpc) is 2.90. The summed E-state index contributed by atoms with van der Waals surface area (Å²) in [7, 11) is -3.69. The third-order valence-electron chi connectivity index (χ3n) is 4.12. The van der Waals surface area contributed by atoms with Crippen molar-refractivity contribution in [1.29, 1.82) is 0 Å². The van der Waals surface area contributed by atoms with Gasteiger partial charge in [0.1, 0.15) is 10.6 Å². The van der Waals surface area contributed by atoms with E-state index in [-0.39, 0.29) is 16.6 Å². The van der Waals surface area contributed by atoms with Crippen LogP contribution in [-0.2, 0) is 16.3 Å². The molecular weight excluding hydrogens is 396 g/mol. The number of nitrogens with zero attached hydrogens (tertiary/aromatic N) is 1. The SMILES string of the molecule is CS(=O)(=O)c1cccc(NC2CCc3c(Br)cccc32)c1[N+](=O)[O-]. The summed E-state index contributed by atoms with van der Waals surface area (Å²) in [5.74, 6) is 0. The molecule has 0 aliphatic heterocycles. The summed E-state index contributed by atoms with van der Waals surface area (Å²) in [5, 5.41) is 14.6. The Morgan fingerprint density at radius 1 is 1.25 bits per heavy atom. The highest BCUT2D eigenvalue weighted by Gasteiger charge is 2.30. The van der Waals surface area contributed by atoms with E-state index in [2.05, 4.69) is 21.2 Å². The van der Waals surface area contributed by atoms with E-state index in [0.29, 0.717) is 0 Å². The lowest BCUT2D eigenvalue weighted by molar-refractivity contribution is -0.386. The molecule has 0 bridgehead atoms. The Labute approximate surface area is 148 Å². The van der Waals surface area contributed by atoms with E-state index in [9.17, 15) is 18.5 Å². The minimum absolute atomic E-state index is 0.0917. The molecule has 8 heteroatoms. The molecule has 0 saturated carbocycles. The number of hydrogen-bond acceptors (Lipinski definition) is 5. The lowest BCUT2D eigenvalue weighted by Gasteiger charge is -2.16. The molecule has 0 aromatic heterocycles. The van der Waals surface area contributed by atoms with E-state index < -0.39 is 20.4 Å². The number of sulfone groups is 1. The van der Waals surface area contributed by atoms with Gasteiger partial charge in [0, 0.05) is 10.7 Å². The molecule has 2 aromatic rings. The van der Waals surface area contributed by atoms with Crippen LogP contribution in [0.15, 0.2) is 45.8 Å². The molecule has 126 valence electrons. The largest absolute Gasteiger partial charge is 0.373 e. The van der Waals surface area contributed by atoms with Gasteiger partial charge in [-0.3, -0.25) is 10.1 Å². The van der Waals surface area contributed by atoms with E-state index in [1.54, 1.807) is 6.07 Å². The smallest absolute Gasteiger partial charge is 0.310 e. The van der Waals surface area contributed by atoms with Gasteiger partial charge >= 0.3 is 5.69 Å². The molecule has 1 N–H and O–H groups in total. The number of benzene rings is 2. The number of halogens is 1. The van der Waals surface area contributed by atoms with Crippen molar-refractivity contribution >= 4 is 37.1 Å². The van der Waals surface area contributed by atoms with Crippen molar-refractivity contribution in [3.63, 3.8) is 0 Å². The number of rotatable bonds is 4. The van der Waals surface area contributed by atoms with Crippen LogP contribution in [0.2, 0.25) is 0 Å². The highest BCUT2D eigenvalue weighted by atomic mass is 79.9. The van der Waals surface area contributed by atoms with Crippen molar-refractivity contribution in [2.75, 3.05) is 11.6 Å². The van der Waals surface area contributed by atoms with Gasteiger partial charge in [0.15, 0.2) is 9.84 Å². The number of nitrogens with one attached hydrogen (secondary N) is 1. The maximum absolute atomic E-state index is 11.9. The number of fused-ring (bicyclic) bond motifs is 1. The normalized spacial score (nSPS) is 16.7. The number of nitro benzene ring substituents is 1. The molecule has 0 spiro atoms. The fourth-order valence-electron chi connectivity index (χ4n) is 3.07. The Kier molecular flexibility index (Phi) is 4.35. The summed E-state index contributed by atoms with van der Waals surface area (Å²) in [6.45, 7) is 0. The van der Waals surface area contributed by atoms with Gasteiger partial charge in [-0.25, -0.2) is 8.42 Å². The molecule has 1 aliphatic carbocycles. The van der Waals surface area contributed by atoms with Crippen molar-refractivity contribution in [2.24, 2.45) is 0 Å². The van der Waals surface area contributed by atoms with Crippen LogP contribution in [0, 0.1) is 10.1 Å². The summed E-state index contributed by atoms with van der Waals surface area (Å²) < 4.78 is 24.7. The van der Waals surface area contributed by atoms with Gasteiger partial charge in [-0.15, -0.1) is 0 Å². The first-order valence-electron chi connectivity index (χ1n) is 7.30. The molecule has 0 radical (unpaired) electrons. The van der Waals surface area contributed by atoms with Crippen molar-refractivity contribution in [2.45, 2.75) is 23.8 Å². The van der Waals surface area contributed by atoms with Crippen LogP contribution in [0.4, 0.5) is 11.4 Å². The van der Waals surface area contributed by atoms with Crippen molar-refractivity contribution in [3.05, 3.63) is 62.1 Å². The lowest BCUT2D eigenvalue weighted by atomic mass is 10.1. The molecule has 1 aliphatic rings. The highest BCUT2D eigenvalue weighted by molar-refractivity contribution is 9.10. The van der Waals surface area contributed by atoms with Crippen molar-refractivity contribution in [3.8, 4) is 0 Å². The number of anilines is 1. The van der Waals surface area contributed by atoms with Gasteiger partial charge < -0.3 is 5.32 Å². The van der Waals surface area contributed by atoms with E-state index in [1.165, 1.54) is 17.7 Å². The molecule has 0 fully saturated rings. The quantitative estimate of drug-likeness (QED) is 0.610. The fraction of sp³-hybridized carbons (Fsp3) is 0.250. The molecule has 1 atom stereocenters. The topological polar surface area (TPSA) is 89.3 Å². The van der Waals surface area contributed by atoms with Crippen LogP contribution in [0.25, 0.3) is 0 Å². The number of hydrogen-bond donors (Lipinski definition) is 1. The molecule has 0 saturated heterocycles. The summed E-state index contributed by atoms with van der Waals surface area (Å²) in [4.78, 5) is 10.5. The number of para-hydroxylation sites is 1. The maximum Gasteiger partial charge on any atom is 0.310 e. The third kappa shape index (κ3) is 3.03. The first kappa shape index (κ1) is 16.9. The minimum atomic E-state index is -3.69. The van der Waals surface area contributed by atoms with Crippen molar-refractivity contribution < 1.29 is 13.3 Å². The van der Waals surface area contributed by atoms with Crippen LogP contribution in [0.3, 0.4) is 0 Å². The van der Waals surface area contributed by atoms with Gasteiger partial charge in [-0.1, -0.05) is 34.1 Å². The molecule has 24 heavy (non-hydrogen) atoms. The summed E-state index contributed by atoms with van der Waals surface area (Å²) in [6.07, 6.45) is 2.62. The second-order valence-electron chi connectivity index (χ2n) is 5.72. The monoisotopic (exact) mass is 410 g/mol. The Bertz CT molecular complexity index is 928. The van der Waals surface area contributed by atoms with E-state index in [1.807, 2.05) is 18.2 Å². The second kappa shape index (κ2) is 6.18. The van der Waals surface area contributed by atoms with E-state index >= 15 is 0 Å². The Hall–Kier alpha value is -1.93. The standard InChI is InChI=1S/C16H15BrN2O4S/c1-24(22,23)15-7-3-6-14(16(15)19(20)21)18-13-9-8-10-11(13)4-2-5-12(10)17/h2-7,13,18H,8-9H2,1H3. The molecule has 6 nitrogen and oxygen atoms in total. The Morgan fingerprint density at radius 3 is 2.62 bits per heavy atom. The van der Waals surface area contributed by atoms with Crippen LogP contribution < -0.4 is 5.32 Å². The Balaban J connectivity index is 2.04. The molecular formula is C16H15BrN2O4S. The molecule has 0 amide bonds. The zero-order valence-corrected chi connectivity index (χ0v) is 15.2. The van der Waals surface area contributed by atoms with Crippen LogP contribution in [-0.4, -0.2) is 19.6 Å². The predicted octanol–water partition coefficient (Wildman–Crippen LogP) is 3.86. The first-order chi connectivity index (χ1) is 11.3. The zero-order chi connectivity index (χ0) is 17.5. The van der Waals surface area contributed by atoms with Gasteiger partial charge in [0.05, 0.1) is 11.0 Å². The second-order valence-corrected chi connectivity index (χ2v) is 8.56. The number of nitro groups is 1. The fourth-order valence-corrected chi connectivity index (χ4v) is 4.51. The third-order valence-corrected chi connectivity index (χ3v) is 6.00. The molecule has 1 unspecified atom stereocenters. The van der Waals surface area contributed by atoms with Gasteiger partial charge in [0.2, 0.25) is 0 Å². The maximum atomic E-state index is 11.9. The zero-order valence-electron chi connectivity index (χ0n) is 12.8. The first-order valence-corrected chi connectivity index (χ1v) is 9.99. The van der Waals surface area contributed by atoms with E-state index in [4.69, 9.17) is 0 Å². The summed E-state index contributed by atoms with van der Waals surface area (Å²) in [6, 6.07) is 10.1. The molecule has 3 rings (SSSR count).